The highest BCUT2D eigenvalue weighted by Crippen LogP contribution is 2.34. The zero-order valence-electron chi connectivity index (χ0n) is 12.5. The fraction of sp³-hybridized carbons (Fsp3) is 0. The summed E-state index contributed by atoms with van der Waals surface area (Å²) in [5, 5.41) is 32.0. The number of carboxylic acids is 2. The minimum absolute atomic E-state index is 0.0183. The molecule has 0 unspecified atom stereocenters. The Morgan fingerprint density at radius 2 is 1.80 bits per heavy atom. The minimum Gasteiger partial charge on any atom is -0.506 e. The van der Waals surface area contributed by atoms with Crippen molar-refractivity contribution in [2.24, 2.45) is 0 Å². The molecule has 8 heteroatoms. The highest BCUT2D eigenvalue weighted by atomic mass is 35.5. The van der Waals surface area contributed by atoms with E-state index >= 15 is 0 Å². The summed E-state index contributed by atoms with van der Waals surface area (Å²) in [7, 11) is 0. The van der Waals surface area contributed by atoms with Crippen LogP contribution in [-0.4, -0.2) is 32.2 Å². The summed E-state index contributed by atoms with van der Waals surface area (Å²) in [5.74, 6) is -2.54. The number of carbonyl (C=O) groups is 2. The van der Waals surface area contributed by atoms with E-state index in [4.69, 9.17) is 16.7 Å². The molecule has 0 aliphatic rings. The van der Waals surface area contributed by atoms with Crippen LogP contribution in [0.1, 0.15) is 20.7 Å². The highest BCUT2D eigenvalue weighted by Gasteiger charge is 2.17. The number of hydrogen-bond acceptors (Lipinski definition) is 5. The minimum atomic E-state index is -1.25. The molecular formula is C17H11ClN2O5. The molecule has 7 nitrogen and oxygen atoms in total. The van der Waals surface area contributed by atoms with Gasteiger partial charge in [-0.2, -0.15) is 0 Å². The van der Waals surface area contributed by atoms with Crippen molar-refractivity contribution in [3.05, 3.63) is 58.7 Å². The molecule has 2 aromatic carbocycles. The van der Waals surface area contributed by atoms with Crippen molar-refractivity contribution < 1.29 is 24.9 Å². The Balaban J connectivity index is 2.27. The fourth-order valence-corrected chi connectivity index (χ4v) is 2.54. The number of aromatic carboxylic acids is 2. The SMILES string of the molecule is O=C(O)c1ccc2ncc(C(=O)O)c(Nc3cc(Cl)ccc3O)c2c1. The van der Waals surface area contributed by atoms with Crippen molar-refractivity contribution in [3.63, 3.8) is 0 Å². The Hall–Kier alpha value is -3.32. The van der Waals surface area contributed by atoms with Gasteiger partial charge in [0.1, 0.15) is 11.3 Å². The summed E-state index contributed by atoms with van der Waals surface area (Å²) < 4.78 is 0. The summed E-state index contributed by atoms with van der Waals surface area (Å²) in [4.78, 5) is 26.8. The smallest absolute Gasteiger partial charge is 0.339 e. The molecule has 1 aromatic heterocycles. The molecule has 0 amide bonds. The Bertz CT molecular complexity index is 1010. The topological polar surface area (TPSA) is 120 Å². The van der Waals surface area contributed by atoms with E-state index in [1.807, 2.05) is 0 Å². The zero-order valence-corrected chi connectivity index (χ0v) is 13.3. The van der Waals surface area contributed by atoms with E-state index in [0.29, 0.717) is 15.9 Å². The number of hydrogen-bond donors (Lipinski definition) is 4. The average Bonchev–Trinajstić information content (AvgIpc) is 2.57. The number of anilines is 2. The van der Waals surface area contributed by atoms with Crippen LogP contribution >= 0.6 is 11.6 Å². The van der Waals surface area contributed by atoms with Gasteiger partial charge in [-0.1, -0.05) is 11.6 Å². The Morgan fingerprint density at radius 3 is 2.48 bits per heavy atom. The Morgan fingerprint density at radius 1 is 1.04 bits per heavy atom. The molecule has 4 N–H and O–H groups in total. The first-order chi connectivity index (χ1) is 11.9. The average molecular weight is 359 g/mol. The first-order valence-electron chi connectivity index (χ1n) is 7.01. The van der Waals surface area contributed by atoms with Gasteiger partial charge in [-0.15, -0.1) is 0 Å². The van der Waals surface area contributed by atoms with E-state index in [2.05, 4.69) is 10.3 Å². The maximum atomic E-state index is 11.5. The largest absolute Gasteiger partial charge is 0.506 e. The maximum absolute atomic E-state index is 11.5. The second-order valence-corrected chi connectivity index (χ2v) is 5.61. The fourth-order valence-electron chi connectivity index (χ4n) is 2.37. The van der Waals surface area contributed by atoms with Gasteiger partial charge in [-0.25, -0.2) is 9.59 Å². The lowest BCUT2D eigenvalue weighted by Crippen LogP contribution is -2.06. The van der Waals surface area contributed by atoms with Gasteiger partial charge in [0.25, 0.3) is 0 Å². The number of halogens is 1. The molecule has 126 valence electrons. The van der Waals surface area contributed by atoms with Crippen LogP contribution in [0.25, 0.3) is 10.9 Å². The molecule has 0 saturated carbocycles. The van der Waals surface area contributed by atoms with E-state index < -0.39 is 11.9 Å². The van der Waals surface area contributed by atoms with Crippen LogP contribution in [0.3, 0.4) is 0 Å². The van der Waals surface area contributed by atoms with Gasteiger partial charge >= 0.3 is 11.9 Å². The molecule has 25 heavy (non-hydrogen) atoms. The molecule has 1 heterocycles. The van der Waals surface area contributed by atoms with Crippen molar-refractivity contribution >= 4 is 45.8 Å². The standard InChI is InChI=1S/C17H11ClN2O5/c18-9-2-4-14(21)13(6-9)20-15-10-5-8(16(22)23)1-3-12(10)19-7-11(15)17(24)25/h1-7,21H,(H,19,20)(H,22,23)(H,24,25). The van der Waals surface area contributed by atoms with Crippen LogP contribution < -0.4 is 5.32 Å². The summed E-state index contributed by atoms with van der Waals surface area (Å²) >= 11 is 5.91. The Kier molecular flexibility index (Phi) is 4.16. The lowest BCUT2D eigenvalue weighted by atomic mass is 10.1. The van der Waals surface area contributed by atoms with Gasteiger partial charge in [0.15, 0.2) is 0 Å². The van der Waals surface area contributed by atoms with Crippen LogP contribution in [0.5, 0.6) is 5.75 Å². The van der Waals surface area contributed by atoms with Crippen molar-refractivity contribution in [2.45, 2.75) is 0 Å². The Labute approximate surface area is 146 Å². The van der Waals surface area contributed by atoms with Gasteiger partial charge in [0.2, 0.25) is 0 Å². The summed E-state index contributed by atoms with van der Waals surface area (Å²) in [6, 6.07) is 8.44. The molecular weight excluding hydrogens is 348 g/mol. The number of aromatic nitrogens is 1. The third-order valence-electron chi connectivity index (χ3n) is 3.56. The third-order valence-corrected chi connectivity index (χ3v) is 3.80. The number of phenols is 1. The number of rotatable bonds is 4. The third kappa shape index (κ3) is 3.17. The monoisotopic (exact) mass is 358 g/mol. The molecule has 3 aromatic rings. The van der Waals surface area contributed by atoms with E-state index in [-0.39, 0.29) is 28.3 Å². The highest BCUT2D eigenvalue weighted by molar-refractivity contribution is 6.31. The molecule has 0 atom stereocenters. The van der Waals surface area contributed by atoms with E-state index in [1.165, 1.54) is 36.4 Å². The van der Waals surface area contributed by atoms with E-state index in [0.717, 1.165) is 6.20 Å². The number of nitrogens with one attached hydrogen (secondary N) is 1. The van der Waals surface area contributed by atoms with E-state index in [1.54, 1.807) is 0 Å². The molecule has 0 aliphatic heterocycles. The van der Waals surface area contributed by atoms with Crippen molar-refractivity contribution in [1.29, 1.82) is 0 Å². The normalized spacial score (nSPS) is 10.6. The van der Waals surface area contributed by atoms with Crippen LogP contribution in [0.2, 0.25) is 5.02 Å². The molecule has 3 rings (SSSR count). The van der Waals surface area contributed by atoms with Crippen LogP contribution in [0, 0.1) is 0 Å². The maximum Gasteiger partial charge on any atom is 0.339 e. The van der Waals surface area contributed by atoms with E-state index in [9.17, 15) is 19.8 Å². The van der Waals surface area contributed by atoms with Gasteiger partial charge in [-0.3, -0.25) is 4.98 Å². The second kappa shape index (κ2) is 6.29. The number of pyridine rings is 1. The van der Waals surface area contributed by atoms with Crippen LogP contribution in [-0.2, 0) is 0 Å². The first kappa shape index (κ1) is 16.5. The van der Waals surface area contributed by atoms with Gasteiger partial charge in [0, 0.05) is 16.6 Å². The molecule has 0 saturated heterocycles. The molecule has 0 aliphatic carbocycles. The predicted octanol–water partition coefficient (Wildman–Crippen LogP) is 3.73. The van der Waals surface area contributed by atoms with Gasteiger partial charge in [-0.05, 0) is 36.4 Å². The quantitative estimate of drug-likeness (QED) is 0.524. The number of benzene rings is 2. The summed E-state index contributed by atoms with van der Waals surface area (Å²) in [5.41, 5.74) is 0.505. The predicted molar refractivity (Wildman–Crippen MR) is 92.1 cm³/mol. The number of nitrogens with zero attached hydrogens (tertiary/aromatic N) is 1. The summed E-state index contributed by atoms with van der Waals surface area (Å²) in [6.45, 7) is 0. The molecule has 0 radical (unpaired) electrons. The number of phenolic OH excluding ortho intramolecular Hbond substituents is 1. The molecule has 0 spiro atoms. The van der Waals surface area contributed by atoms with Crippen LogP contribution in [0.4, 0.5) is 11.4 Å². The van der Waals surface area contributed by atoms with Crippen molar-refractivity contribution in [2.75, 3.05) is 5.32 Å². The van der Waals surface area contributed by atoms with Gasteiger partial charge in [0.05, 0.1) is 22.5 Å². The lowest BCUT2D eigenvalue weighted by Gasteiger charge is -2.14. The van der Waals surface area contributed by atoms with Crippen molar-refractivity contribution in [3.8, 4) is 5.75 Å². The second-order valence-electron chi connectivity index (χ2n) is 5.18. The molecule has 0 fully saturated rings. The lowest BCUT2D eigenvalue weighted by molar-refractivity contribution is 0.0687. The number of carboxylic acid groups (broad SMARTS) is 2. The van der Waals surface area contributed by atoms with Crippen molar-refractivity contribution in [1.82, 2.24) is 4.98 Å². The number of aromatic hydroxyl groups is 1. The van der Waals surface area contributed by atoms with Crippen LogP contribution in [0.15, 0.2) is 42.6 Å². The molecule has 0 bridgehead atoms. The number of fused-ring (bicyclic) bond motifs is 1. The van der Waals surface area contributed by atoms with Gasteiger partial charge < -0.3 is 20.6 Å². The summed E-state index contributed by atoms with van der Waals surface area (Å²) in [6.07, 6.45) is 1.16. The zero-order chi connectivity index (χ0) is 18.1. The first-order valence-corrected chi connectivity index (χ1v) is 7.39.